The summed E-state index contributed by atoms with van der Waals surface area (Å²) in [6.45, 7) is 0. The Morgan fingerprint density at radius 3 is 2.59 bits per heavy atom. The number of hydrogen-bond donors (Lipinski definition) is 1. The third-order valence-corrected chi connectivity index (χ3v) is 2.01. The number of benzene rings is 1. The Balaban J connectivity index is 3.02. The van der Waals surface area contributed by atoms with Crippen molar-refractivity contribution in [1.29, 1.82) is 5.26 Å². The largest absolute Gasteiger partial charge is 0.417 e. The second-order valence-electron chi connectivity index (χ2n) is 3.29. The standard InChI is InChI=1S/C11H8F3N2O/c12-11(13,14)9-3-1-7(2-4-10(16)17)5-8(9)6-15/h1-3,5H,4H2,(H2,16,17). The predicted octanol–water partition coefficient (Wildman–Crippen LogP) is 2.00. The van der Waals surface area contributed by atoms with Crippen LogP contribution in [0.1, 0.15) is 23.1 Å². The van der Waals surface area contributed by atoms with Crippen LogP contribution >= 0.6 is 0 Å². The molecule has 89 valence electrons. The molecule has 6 heteroatoms. The molecule has 1 radical (unpaired) electrons. The third-order valence-electron chi connectivity index (χ3n) is 2.01. The fourth-order valence-corrected chi connectivity index (χ4v) is 1.25. The van der Waals surface area contributed by atoms with Crippen molar-refractivity contribution in [3.63, 3.8) is 0 Å². The second-order valence-corrected chi connectivity index (χ2v) is 3.29. The summed E-state index contributed by atoms with van der Waals surface area (Å²) in [5.74, 6) is -0.594. The lowest BCUT2D eigenvalue weighted by Gasteiger charge is -2.09. The van der Waals surface area contributed by atoms with Gasteiger partial charge in [-0.2, -0.15) is 18.4 Å². The van der Waals surface area contributed by atoms with Gasteiger partial charge in [0, 0.05) is 12.8 Å². The molecular weight excluding hydrogens is 233 g/mol. The minimum atomic E-state index is -4.56. The number of nitrogens with two attached hydrogens (primary N) is 1. The van der Waals surface area contributed by atoms with Crippen molar-refractivity contribution in [2.75, 3.05) is 0 Å². The first-order chi connectivity index (χ1) is 7.84. The van der Waals surface area contributed by atoms with Crippen molar-refractivity contribution in [3.8, 4) is 6.07 Å². The van der Waals surface area contributed by atoms with Crippen LogP contribution in [0, 0.1) is 17.8 Å². The monoisotopic (exact) mass is 241 g/mol. The van der Waals surface area contributed by atoms with Crippen LogP contribution in [-0.4, -0.2) is 5.91 Å². The average Bonchev–Trinajstić information content (AvgIpc) is 2.24. The Morgan fingerprint density at radius 1 is 1.47 bits per heavy atom. The third kappa shape index (κ3) is 3.48. The maximum atomic E-state index is 12.4. The zero-order valence-electron chi connectivity index (χ0n) is 8.58. The molecule has 1 amide bonds. The molecule has 3 nitrogen and oxygen atoms in total. The first kappa shape index (κ1) is 13.0. The van der Waals surface area contributed by atoms with Crippen molar-refractivity contribution >= 4 is 5.91 Å². The van der Waals surface area contributed by atoms with Gasteiger partial charge in [-0.3, -0.25) is 4.79 Å². The summed E-state index contributed by atoms with van der Waals surface area (Å²) in [5.41, 5.74) is 3.78. The van der Waals surface area contributed by atoms with Gasteiger partial charge in [-0.25, -0.2) is 0 Å². The Labute approximate surface area is 95.6 Å². The minimum absolute atomic E-state index is 0.0871. The highest BCUT2D eigenvalue weighted by atomic mass is 19.4. The lowest BCUT2D eigenvalue weighted by molar-refractivity contribution is -0.137. The molecule has 0 atom stereocenters. The normalized spacial score (nSPS) is 10.9. The van der Waals surface area contributed by atoms with E-state index in [-0.39, 0.29) is 6.42 Å². The van der Waals surface area contributed by atoms with Crippen molar-refractivity contribution in [2.24, 2.45) is 5.73 Å². The predicted molar refractivity (Wildman–Crippen MR) is 53.4 cm³/mol. The lowest BCUT2D eigenvalue weighted by atomic mass is 10.0. The maximum Gasteiger partial charge on any atom is 0.417 e. The molecule has 0 aliphatic carbocycles. The van der Waals surface area contributed by atoms with Crippen molar-refractivity contribution in [1.82, 2.24) is 0 Å². The molecular formula is C11H8F3N2O. The number of alkyl halides is 3. The molecule has 0 saturated heterocycles. The van der Waals surface area contributed by atoms with Crippen molar-refractivity contribution in [2.45, 2.75) is 12.6 Å². The zero-order chi connectivity index (χ0) is 13.1. The van der Waals surface area contributed by atoms with Gasteiger partial charge in [0.05, 0.1) is 17.2 Å². The summed E-state index contributed by atoms with van der Waals surface area (Å²) < 4.78 is 37.3. The molecule has 0 unspecified atom stereocenters. The van der Waals surface area contributed by atoms with E-state index >= 15 is 0 Å². The first-order valence-corrected chi connectivity index (χ1v) is 4.57. The van der Waals surface area contributed by atoms with E-state index in [4.69, 9.17) is 11.0 Å². The van der Waals surface area contributed by atoms with E-state index < -0.39 is 23.2 Å². The molecule has 0 saturated carbocycles. The minimum Gasteiger partial charge on any atom is -0.370 e. The first-order valence-electron chi connectivity index (χ1n) is 4.57. The number of primary amides is 1. The lowest BCUT2D eigenvalue weighted by Crippen LogP contribution is -2.11. The quantitative estimate of drug-likeness (QED) is 0.879. The van der Waals surface area contributed by atoms with Crippen LogP contribution in [0.15, 0.2) is 18.2 Å². The number of nitriles is 1. The highest BCUT2D eigenvalue weighted by molar-refractivity contribution is 5.75. The number of carbonyl (C=O) groups is 1. The van der Waals surface area contributed by atoms with Crippen LogP contribution in [0.25, 0.3) is 0 Å². The summed E-state index contributed by atoms with van der Waals surface area (Å²) in [6, 6.07) is 4.55. The maximum absolute atomic E-state index is 12.4. The van der Waals surface area contributed by atoms with E-state index in [9.17, 15) is 18.0 Å². The van der Waals surface area contributed by atoms with Crippen LogP contribution in [0.4, 0.5) is 13.2 Å². The average molecular weight is 241 g/mol. The molecule has 17 heavy (non-hydrogen) atoms. The van der Waals surface area contributed by atoms with E-state index in [1.165, 1.54) is 18.6 Å². The Kier molecular flexibility index (Phi) is 3.73. The summed E-state index contributed by atoms with van der Waals surface area (Å²) in [7, 11) is 0. The van der Waals surface area contributed by atoms with E-state index in [0.29, 0.717) is 5.56 Å². The topological polar surface area (TPSA) is 66.9 Å². The number of rotatable bonds is 3. The molecule has 2 N–H and O–H groups in total. The van der Waals surface area contributed by atoms with Gasteiger partial charge in [-0.15, -0.1) is 0 Å². The van der Waals surface area contributed by atoms with Gasteiger partial charge in [-0.1, -0.05) is 6.07 Å². The van der Waals surface area contributed by atoms with E-state index in [1.54, 1.807) is 0 Å². The van der Waals surface area contributed by atoms with Gasteiger partial charge < -0.3 is 5.73 Å². The molecule has 1 rings (SSSR count). The molecule has 1 aromatic carbocycles. The van der Waals surface area contributed by atoms with Crippen LogP contribution in [0.3, 0.4) is 0 Å². The number of hydrogen-bond acceptors (Lipinski definition) is 2. The summed E-state index contributed by atoms with van der Waals surface area (Å²) in [5, 5.41) is 8.63. The molecule has 0 heterocycles. The van der Waals surface area contributed by atoms with Gasteiger partial charge in [0.2, 0.25) is 5.91 Å². The van der Waals surface area contributed by atoms with Gasteiger partial charge in [0.15, 0.2) is 0 Å². The molecule has 0 spiro atoms. The number of nitrogens with zero attached hydrogens (tertiary/aromatic N) is 1. The Hall–Kier alpha value is -2.03. The number of halogens is 3. The summed E-state index contributed by atoms with van der Waals surface area (Å²) >= 11 is 0. The van der Waals surface area contributed by atoms with Gasteiger partial charge in [0.25, 0.3) is 0 Å². The zero-order valence-corrected chi connectivity index (χ0v) is 8.58. The number of amides is 1. The smallest absolute Gasteiger partial charge is 0.370 e. The van der Waals surface area contributed by atoms with Crippen LogP contribution < -0.4 is 5.73 Å². The Bertz CT molecular complexity index is 475. The molecule has 0 aliphatic rings. The second kappa shape index (κ2) is 4.87. The van der Waals surface area contributed by atoms with E-state index in [0.717, 1.165) is 12.1 Å². The molecule has 0 aromatic heterocycles. The Morgan fingerprint density at radius 2 is 2.12 bits per heavy atom. The molecule has 0 bridgehead atoms. The molecule has 0 aliphatic heterocycles. The highest BCUT2D eigenvalue weighted by Crippen LogP contribution is 2.32. The van der Waals surface area contributed by atoms with Gasteiger partial charge in [-0.05, 0) is 17.7 Å². The van der Waals surface area contributed by atoms with E-state index in [2.05, 4.69) is 0 Å². The molecule has 1 aromatic rings. The van der Waals surface area contributed by atoms with Crippen LogP contribution in [0.2, 0.25) is 0 Å². The highest BCUT2D eigenvalue weighted by Gasteiger charge is 2.33. The molecule has 0 fully saturated rings. The van der Waals surface area contributed by atoms with E-state index in [1.807, 2.05) is 0 Å². The fourth-order valence-electron chi connectivity index (χ4n) is 1.25. The number of carbonyl (C=O) groups excluding carboxylic acids is 1. The van der Waals surface area contributed by atoms with Crippen LogP contribution in [-0.2, 0) is 11.0 Å². The van der Waals surface area contributed by atoms with Gasteiger partial charge in [0.1, 0.15) is 0 Å². The summed E-state index contributed by atoms with van der Waals surface area (Å²) in [4.78, 5) is 10.5. The summed E-state index contributed by atoms with van der Waals surface area (Å²) in [6.07, 6.45) is -3.28. The van der Waals surface area contributed by atoms with Gasteiger partial charge >= 0.3 is 6.18 Å². The van der Waals surface area contributed by atoms with Crippen molar-refractivity contribution < 1.29 is 18.0 Å². The SMILES string of the molecule is N#Cc1cc([CH]CC(N)=O)ccc1C(F)(F)F. The van der Waals surface area contributed by atoms with Crippen LogP contribution in [0.5, 0.6) is 0 Å². The fraction of sp³-hybridized carbons (Fsp3) is 0.182. The van der Waals surface area contributed by atoms with Crippen molar-refractivity contribution in [3.05, 3.63) is 41.3 Å².